The highest BCUT2D eigenvalue weighted by atomic mass is 35.5. The molecule has 0 amide bonds. The van der Waals surface area contributed by atoms with Crippen LogP contribution in [0.2, 0.25) is 0 Å². The second-order valence-electron chi connectivity index (χ2n) is 4.29. The van der Waals surface area contributed by atoms with E-state index in [-0.39, 0.29) is 12.0 Å². The third kappa shape index (κ3) is 2.12. The number of halogens is 1. The van der Waals surface area contributed by atoms with Crippen LogP contribution in [0.3, 0.4) is 0 Å². The van der Waals surface area contributed by atoms with Gasteiger partial charge in [-0.15, -0.1) is 11.6 Å². The number of alkyl halides is 1. The Bertz CT molecular complexity index is 141. The summed E-state index contributed by atoms with van der Waals surface area (Å²) in [5.74, 6) is 0.500. The Balaban J connectivity index is 2.53. The first kappa shape index (κ1) is 10.3. The van der Waals surface area contributed by atoms with Gasteiger partial charge in [-0.1, -0.05) is 0 Å². The lowest BCUT2D eigenvalue weighted by atomic mass is 9.71. The van der Waals surface area contributed by atoms with Crippen LogP contribution >= 0.6 is 11.6 Å². The molecule has 12 heavy (non-hydrogen) atoms. The monoisotopic (exact) mass is 192 g/mol. The standard InChI is InChI=1S/C9H17ClO2/c1-8(12)2-4-9(6-10,7-11)5-3-8/h11-12H,2-7H2,1H3. The van der Waals surface area contributed by atoms with Gasteiger partial charge in [-0.3, -0.25) is 0 Å². The van der Waals surface area contributed by atoms with Crippen molar-refractivity contribution in [1.82, 2.24) is 0 Å². The summed E-state index contributed by atoms with van der Waals surface area (Å²) in [4.78, 5) is 0. The van der Waals surface area contributed by atoms with Gasteiger partial charge >= 0.3 is 0 Å². The Kier molecular flexibility index (Phi) is 3.02. The van der Waals surface area contributed by atoms with Crippen LogP contribution in [0.15, 0.2) is 0 Å². The van der Waals surface area contributed by atoms with Gasteiger partial charge in [-0.05, 0) is 32.6 Å². The molecule has 0 aromatic carbocycles. The van der Waals surface area contributed by atoms with E-state index in [1.54, 1.807) is 0 Å². The minimum atomic E-state index is -0.537. The molecule has 0 aromatic heterocycles. The fourth-order valence-corrected chi connectivity index (χ4v) is 2.00. The van der Waals surface area contributed by atoms with Crippen LogP contribution in [0.5, 0.6) is 0 Å². The van der Waals surface area contributed by atoms with Gasteiger partial charge in [0.15, 0.2) is 0 Å². The number of hydrogen-bond acceptors (Lipinski definition) is 2. The highest BCUT2D eigenvalue weighted by molar-refractivity contribution is 6.18. The molecule has 2 nitrogen and oxygen atoms in total. The summed E-state index contributed by atoms with van der Waals surface area (Å²) in [6.07, 6.45) is 3.17. The summed E-state index contributed by atoms with van der Waals surface area (Å²) < 4.78 is 0. The van der Waals surface area contributed by atoms with Gasteiger partial charge in [0.05, 0.1) is 5.60 Å². The van der Waals surface area contributed by atoms with Crippen molar-refractivity contribution in [2.24, 2.45) is 5.41 Å². The quantitative estimate of drug-likeness (QED) is 0.652. The van der Waals surface area contributed by atoms with E-state index in [0.29, 0.717) is 5.88 Å². The van der Waals surface area contributed by atoms with Crippen LogP contribution < -0.4 is 0 Å². The minimum absolute atomic E-state index is 0.121. The third-order valence-corrected chi connectivity index (χ3v) is 3.57. The predicted octanol–water partition coefficient (Wildman–Crippen LogP) is 1.53. The molecule has 1 aliphatic rings. The fourth-order valence-electron chi connectivity index (χ4n) is 1.65. The van der Waals surface area contributed by atoms with Crippen molar-refractivity contribution in [3.63, 3.8) is 0 Å². The fraction of sp³-hybridized carbons (Fsp3) is 1.00. The first-order chi connectivity index (χ1) is 5.54. The van der Waals surface area contributed by atoms with Crippen LogP contribution in [0.1, 0.15) is 32.6 Å². The molecule has 0 bridgehead atoms. The molecule has 1 saturated carbocycles. The molecule has 1 fully saturated rings. The Morgan fingerprint density at radius 2 is 1.75 bits per heavy atom. The van der Waals surface area contributed by atoms with Crippen molar-refractivity contribution in [3.05, 3.63) is 0 Å². The van der Waals surface area contributed by atoms with Crippen LogP contribution in [0.4, 0.5) is 0 Å². The zero-order valence-electron chi connectivity index (χ0n) is 7.52. The van der Waals surface area contributed by atoms with E-state index in [4.69, 9.17) is 16.7 Å². The second kappa shape index (κ2) is 3.52. The van der Waals surface area contributed by atoms with Crippen LogP contribution in [0.25, 0.3) is 0 Å². The number of rotatable bonds is 2. The van der Waals surface area contributed by atoms with Crippen molar-refractivity contribution in [1.29, 1.82) is 0 Å². The minimum Gasteiger partial charge on any atom is -0.396 e. The van der Waals surface area contributed by atoms with E-state index in [1.165, 1.54) is 0 Å². The SMILES string of the molecule is CC1(O)CCC(CO)(CCl)CC1. The molecule has 1 rings (SSSR count). The third-order valence-electron chi connectivity index (χ3n) is 3.01. The van der Waals surface area contributed by atoms with E-state index < -0.39 is 5.60 Å². The summed E-state index contributed by atoms with van der Waals surface area (Å²) in [6.45, 7) is 2.00. The smallest absolute Gasteiger partial charge is 0.0620 e. The van der Waals surface area contributed by atoms with E-state index in [1.807, 2.05) is 6.92 Å². The van der Waals surface area contributed by atoms with Crippen molar-refractivity contribution in [2.45, 2.75) is 38.2 Å². The molecule has 0 aromatic rings. The summed E-state index contributed by atoms with van der Waals surface area (Å²) in [6, 6.07) is 0. The lowest BCUT2D eigenvalue weighted by molar-refractivity contribution is -0.0287. The molecular formula is C9H17ClO2. The molecule has 0 unspecified atom stereocenters. The Morgan fingerprint density at radius 1 is 1.25 bits per heavy atom. The van der Waals surface area contributed by atoms with Gasteiger partial charge in [-0.2, -0.15) is 0 Å². The van der Waals surface area contributed by atoms with Gasteiger partial charge < -0.3 is 10.2 Å². The van der Waals surface area contributed by atoms with Crippen LogP contribution in [-0.4, -0.2) is 28.3 Å². The normalized spacial score (nSPS) is 43.0. The molecule has 0 spiro atoms. The summed E-state index contributed by atoms with van der Waals surface area (Å²) in [5.41, 5.74) is -0.658. The molecule has 0 radical (unpaired) electrons. The molecule has 3 heteroatoms. The first-order valence-corrected chi connectivity index (χ1v) is 4.96. The molecule has 0 heterocycles. The maximum atomic E-state index is 9.67. The lowest BCUT2D eigenvalue weighted by Gasteiger charge is -2.40. The molecule has 1 aliphatic carbocycles. The van der Waals surface area contributed by atoms with E-state index in [9.17, 15) is 5.11 Å². The van der Waals surface area contributed by atoms with E-state index in [2.05, 4.69) is 0 Å². The molecule has 0 aliphatic heterocycles. The number of hydrogen-bond donors (Lipinski definition) is 2. The Morgan fingerprint density at radius 3 is 2.08 bits per heavy atom. The van der Waals surface area contributed by atoms with Gasteiger partial charge in [0.25, 0.3) is 0 Å². The van der Waals surface area contributed by atoms with E-state index >= 15 is 0 Å². The Hall–Kier alpha value is 0.210. The molecule has 0 saturated heterocycles. The van der Waals surface area contributed by atoms with Crippen LogP contribution in [0, 0.1) is 5.41 Å². The Labute approximate surface area is 78.5 Å². The van der Waals surface area contributed by atoms with Crippen LogP contribution in [-0.2, 0) is 0 Å². The van der Waals surface area contributed by atoms with Crippen molar-refractivity contribution < 1.29 is 10.2 Å². The highest BCUT2D eigenvalue weighted by Gasteiger charge is 2.38. The average molecular weight is 193 g/mol. The topological polar surface area (TPSA) is 40.5 Å². The molecule has 2 N–H and O–H groups in total. The number of aliphatic hydroxyl groups excluding tert-OH is 1. The highest BCUT2D eigenvalue weighted by Crippen LogP contribution is 2.41. The predicted molar refractivity (Wildman–Crippen MR) is 49.3 cm³/mol. The summed E-state index contributed by atoms with van der Waals surface area (Å²) >= 11 is 5.79. The zero-order chi connectivity index (χ0) is 9.24. The molecular weight excluding hydrogens is 176 g/mol. The van der Waals surface area contributed by atoms with Gasteiger partial charge in [-0.25, -0.2) is 0 Å². The van der Waals surface area contributed by atoms with Gasteiger partial charge in [0.2, 0.25) is 0 Å². The summed E-state index contributed by atoms with van der Waals surface area (Å²) in [7, 11) is 0. The maximum absolute atomic E-state index is 9.67. The number of aliphatic hydroxyl groups is 2. The molecule has 0 atom stereocenters. The average Bonchev–Trinajstić information content (AvgIpc) is 2.06. The zero-order valence-corrected chi connectivity index (χ0v) is 8.27. The van der Waals surface area contributed by atoms with Crippen molar-refractivity contribution >= 4 is 11.6 Å². The van der Waals surface area contributed by atoms with Gasteiger partial charge in [0, 0.05) is 17.9 Å². The second-order valence-corrected chi connectivity index (χ2v) is 4.56. The van der Waals surface area contributed by atoms with Crippen molar-refractivity contribution in [3.8, 4) is 0 Å². The molecule has 72 valence electrons. The lowest BCUT2D eigenvalue weighted by Crippen LogP contribution is -2.39. The first-order valence-electron chi connectivity index (χ1n) is 4.43. The van der Waals surface area contributed by atoms with Gasteiger partial charge in [0.1, 0.15) is 0 Å². The van der Waals surface area contributed by atoms with Crippen molar-refractivity contribution in [2.75, 3.05) is 12.5 Å². The maximum Gasteiger partial charge on any atom is 0.0620 e. The summed E-state index contributed by atoms with van der Waals surface area (Å²) in [5, 5.41) is 18.8. The largest absolute Gasteiger partial charge is 0.396 e. The van der Waals surface area contributed by atoms with E-state index in [0.717, 1.165) is 25.7 Å².